The molecule has 3 rings (SSSR count). The van der Waals surface area contributed by atoms with E-state index in [1.165, 1.54) is 0 Å². The van der Waals surface area contributed by atoms with Gasteiger partial charge < -0.3 is 19.3 Å². The number of ether oxygens (including phenoxy) is 2. The maximum absolute atomic E-state index is 11.9. The second-order valence-electron chi connectivity index (χ2n) is 4.51. The summed E-state index contributed by atoms with van der Waals surface area (Å²) in [6.07, 6.45) is 0.172. The average Bonchev–Trinajstić information content (AvgIpc) is 2.83. The Kier molecular flexibility index (Phi) is 3.28. The van der Waals surface area contributed by atoms with Crippen LogP contribution >= 0.6 is 0 Å². The topological polar surface area (TPSA) is 73.6 Å². The summed E-state index contributed by atoms with van der Waals surface area (Å²) in [6, 6.07) is 7.05. The van der Waals surface area contributed by atoms with Crippen molar-refractivity contribution in [2.75, 3.05) is 18.5 Å². The normalized spacial score (nSPS) is 13.1. The summed E-state index contributed by atoms with van der Waals surface area (Å²) in [5.41, 5.74) is 1.28. The SMILES string of the molecule is Cc1cc(CC(=O)Nc2ccc3c(c2)OCCO3)no1. The molecular formula is C14H14N2O4. The van der Waals surface area contributed by atoms with E-state index in [2.05, 4.69) is 10.5 Å². The Morgan fingerprint density at radius 1 is 1.25 bits per heavy atom. The second-order valence-corrected chi connectivity index (χ2v) is 4.51. The third-order valence-corrected chi connectivity index (χ3v) is 2.84. The third-order valence-electron chi connectivity index (χ3n) is 2.84. The Labute approximate surface area is 115 Å². The zero-order valence-electron chi connectivity index (χ0n) is 11.0. The molecule has 104 valence electrons. The van der Waals surface area contributed by atoms with Crippen molar-refractivity contribution in [3.8, 4) is 11.5 Å². The van der Waals surface area contributed by atoms with E-state index in [-0.39, 0.29) is 12.3 Å². The minimum Gasteiger partial charge on any atom is -0.486 e. The van der Waals surface area contributed by atoms with Crippen LogP contribution in [0.3, 0.4) is 0 Å². The summed E-state index contributed by atoms with van der Waals surface area (Å²) in [5, 5.41) is 6.58. The maximum atomic E-state index is 11.9. The highest BCUT2D eigenvalue weighted by atomic mass is 16.6. The van der Waals surface area contributed by atoms with Gasteiger partial charge in [0.05, 0.1) is 12.1 Å². The number of hydrogen-bond donors (Lipinski definition) is 1. The Morgan fingerprint density at radius 3 is 2.80 bits per heavy atom. The van der Waals surface area contributed by atoms with Gasteiger partial charge in [-0.1, -0.05) is 5.16 Å². The van der Waals surface area contributed by atoms with E-state index in [0.29, 0.717) is 41.9 Å². The molecule has 1 amide bonds. The number of anilines is 1. The molecule has 1 aliphatic heterocycles. The van der Waals surface area contributed by atoms with Gasteiger partial charge in [0, 0.05) is 17.8 Å². The van der Waals surface area contributed by atoms with E-state index < -0.39 is 0 Å². The Hall–Kier alpha value is -2.50. The highest BCUT2D eigenvalue weighted by Gasteiger charge is 2.13. The van der Waals surface area contributed by atoms with Gasteiger partial charge in [0.2, 0.25) is 5.91 Å². The van der Waals surface area contributed by atoms with E-state index in [9.17, 15) is 4.79 Å². The van der Waals surface area contributed by atoms with Crippen molar-refractivity contribution in [1.29, 1.82) is 0 Å². The number of nitrogens with one attached hydrogen (secondary N) is 1. The number of rotatable bonds is 3. The number of fused-ring (bicyclic) bond motifs is 1. The number of carbonyl (C=O) groups excluding carboxylic acids is 1. The molecule has 2 aromatic rings. The van der Waals surface area contributed by atoms with Crippen LogP contribution in [0.5, 0.6) is 11.5 Å². The summed E-state index contributed by atoms with van der Waals surface area (Å²) < 4.78 is 15.8. The van der Waals surface area contributed by atoms with Gasteiger partial charge >= 0.3 is 0 Å². The molecule has 0 unspecified atom stereocenters. The molecule has 0 aliphatic carbocycles. The number of aromatic nitrogens is 1. The minimum absolute atomic E-state index is 0.157. The molecule has 0 saturated heterocycles. The van der Waals surface area contributed by atoms with Crippen LogP contribution in [0.1, 0.15) is 11.5 Å². The lowest BCUT2D eigenvalue weighted by Crippen LogP contribution is -2.17. The van der Waals surface area contributed by atoms with Gasteiger partial charge in [-0.2, -0.15) is 0 Å². The first-order valence-electron chi connectivity index (χ1n) is 6.32. The van der Waals surface area contributed by atoms with Gasteiger partial charge in [-0.05, 0) is 19.1 Å². The lowest BCUT2D eigenvalue weighted by atomic mass is 10.2. The maximum Gasteiger partial charge on any atom is 0.230 e. The van der Waals surface area contributed by atoms with Crippen LogP contribution in [0.4, 0.5) is 5.69 Å². The molecule has 0 saturated carbocycles. The zero-order chi connectivity index (χ0) is 13.9. The smallest absolute Gasteiger partial charge is 0.230 e. The van der Waals surface area contributed by atoms with Crippen molar-refractivity contribution >= 4 is 11.6 Å². The molecule has 6 nitrogen and oxygen atoms in total. The summed E-state index contributed by atoms with van der Waals surface area (Å²) in [4.78, 5) is 11.9. The molecule has 0 atom stereocenters. The van der Waals surface area contributed by atoms with Crippen molar-refractivity contribution in [3.63, 3.8) is 0 Å². The second kappa shape index (κ2) is 5.24. The molecule has 0 spiro atoms. The fourth-order valence-corrected chi connectivity index (χ4v) is 1.99. The molecule has 1 aromatic heterocycles. The van der Waals surface area contributed by atoms with Gasteiger partial charge in [0.1, 0.15) is 19.0 Å². The first-order valence-corrected chi connectivity index (χ1v) is 6.32. The van der Waals surface area contributed by atoms with Crippen LogP contribution in [0, 0.1) is 6.92 Å². The summed E-state index contributed by atoms with van der Waals surface area (Å²) >= 11 is 0. The van der Waals surface area contributed by atoms with E-state index in [1.54, 1.807) is 31.2 Å². The molecule has 1 N–H and O–H groups in total. The highest BCUT2D eigenvalue weighted by molar-refractivity contribution is 5.92. The lowest BCUT2D eigenvalue weighted by molar-refractivity contribution is -0.115. The number of benzene rings is 1. The monoisotopic (exact) mass is 274 g/mol. The third kappa shape index (κ3) is 2.74. The van der Waals surface area contributed by atoms with Crippen LogP contribution in [-0.2, 0) is 11.2 Å². The van der Waals surface area contributed by atoms with Crippen LogP contribution < -0.4 is 14.8 Å². The molecule has 1 aliphatic rings. The highest BCUT2D eigenvalue weighted by Crippen LogP contribution is 2.32. The van der Waals surface area contributed by atoms with Crippen molar-refractivity contribution in [2.24, 2.45) is 0 Å². The number of nitrogens with zero attached hydrogens (tertiary/aromatic N) is 1. The Morgan fingerprint density at radius 2 is 2.05 bits per heavy atom. The van der Waals surface area contributed by atoms with Gasteiger partial charge in [0.25, 0.3) is 0 Å². The minimum atomic E-state index is -0.157. The van der Waals surface area contributed by atoms with Crippen molar-refractivity contribution in [3.05, 3.63) is 35.7 Å². The quantitative estimate of drug-likeness (QED) is 0.925. The first kappa shape index (κ1) is 12.5. The van der Waals surface area contributed by atoms with Gasteiger partial charge in [-0.25, -0.2) is 0 Å². The zero-order valence-corrected chi connectivity index (χ0v) is 11.0. The fraction of sp³-hybridized carbons (Fsp3) is 0.286. The molecule has 0 radical (unpaired) electrons. The van der Waals surface area contributed by atoms with E-state index >= 15 is 0 Å². The summed E-state index contributed by atoms with van der Waals surface area (Å²) in [6.45, 7) is 2.85. The molecule has 6 heteroatoms. The first-order chi connectivity index (χ1) is 9.70. The van der Waals surface area contributed by atoms with Crippen molar-refractivity contribution < 1.29 is 18.8 Å². The molecular weight excluding hydrogens is 260 g/mol. The van der Waals surface area contributed by atoms with E-state index in [0.717, 1.165) is 0 Å². The summed E-state index contributed by atoms with van der Waals surface area (Å²) in [5.74, 6) is 1.87. The van der Waals surface area contributed by atoms with Crippen LogP contribution in [0.15, 0.2) is 28.8 Å². The number of aryl methyl sites for hydroxylation is 1. The lowest BCUT2D eigenvalue weighted by Gasteiger charge is -2.18. The van der Waals surface area contributed by atoms with E-state index in [1.807, 2.05) is 0 Å². The van der Waals surface area contributed by atoms with E-state index in [4.69, 9.17) is 14.0 Å². The predicted octanol–water partition coefficient (Wildman–Crippen LogP) is 1.94. The fourth-order valence-electron chi connectivity index (χ4n) is 1.99. The van der Waals surface area contributed by atoms with Gasteiger partial charge in [0.15, 0.2) is 11.5 Å². The molecule has 2 heterocycles. The Bertz CT molecular complexity index is 636. The number of amides is 1. The largest absolute Gasteiger partial charge is 0.486 e. The van der Waals surface area contributed by atoms with Gasteiger partial charge in [-0.3, -0.25) is 4.79 Å². The molecule has 1 aromatic carbocycles. The van der Waals surface area contributed by atoms with Crippen molar-refractivity contribution in [2.45, 2.75) is 13.3 Å². The molecule has 0 bridgehead atoms. The number of carbonyl (C=O) groups is 1. The van der Waals surface area contributed by atoms with Crippen LogP contribution in [0.25, 0.3) is 0 Å². The standard InChI is InChI=1S/C14H14N2O4/c1-9-6-11(16-20-9)8-14(17)15-10-2-3-12-13(7-10)19-5-4-18-12/h2-3,6-7H,4-5,8H2,1H3,(H,15,17). The van der Waals surface area contributed by atoms with Crippen molar-refractivity contribution in [1.82, 2.24) is 5.16 Å². The Balaban J connectivity index is 1.66. The van der Waals surface area contributed by atoms with Gasteiger partial charge in [-0.15, -0.1) is 0 Å². The number of hydrogen-bond acceptors (Lipinski definition) is 5. The average molecular weight is 274 g/mol. The van der Waals surface area contributed by atoms with Crippen LogP contribution in [0.2, 0.25) is 0 Å². The molecule has 20 heavy (non-hydrogen) atoms. The van der Waals surface area contributed by atoms with Crippen LogP contribution in [-0.4, -0.2) is 24.3 Å². The summed E-state index contributed by atoms with van der Waals surface area (Å²) in [7, 11) is 0. The predicted molar refractivity (Wildman–Crippen MR) is 71.0 cm³/mol. The molecule has 0 fully saturated rings.